The van der Waals surface area contributed by atoms with Crippen LogP contribution in [0.3, 0.4) is 0 Å². The Morgan fingerprint density at radius 3 is 2.29 bits per heavy atom. The average Bonchev–Trinajstić information content (AvgIpc) is 2.22. The predicted octanol–water partition coefficient (Wildman–Crippen LogP) is 1.28. The van der Waals surface area contributed by atoms with Crippen LogP contribution in [0.4, 0.5) is 0 Å². The van der Waals surface area contributed by atoms with Gasteiger partial charge in [0, 0.05) is 18.7 Å². The Bertz CT molecular complexity index is 405. The average molecular weight is 236 g/mol. The molecule has 0 spiro atoms. The molecule has 1 aliphatic rings. The van der Waals surface area contributed by atoms with Gasteiger partial charge in [-0.2, -0.15) is 0 Å². The third kappa shape index (κ3) is 2.72. The van der Waals surface area contributed by atoms with Crippen LogP contribution >= 0.6 is 0 Å². The summed E-state index contributed by atoms with van der Waals surface area (Å²) < 4.78 is 0. The van der Waals surface area contributed by atoms with E-state index in [4.69, 9.17) is 5.41 Å². The first-order valence-electron chi connectivity index (χ1n) is 5.79. The maximum Gasteiger partial charge on any atom is 0.262 e. The Labute approximate surface area is 102 Å². The highest BCUT2D eigenvalue weighted by atomic mass is 16.2. The van der Waals surface area contributed by atoms with Gasteiger partial charge < -0.3 is 10.6 Å². The van der Waals surface area contributed by atoms with E-state index >= 15 is 0 Å². The molecule has 0 saturated carbocycles. The molecule has 0 radical (unpaired) electrons. The lowest BCUT2D eigenvalue weighted by Crippen LogP contribution is -2.43. The van der Waals surface area contributed by atoms with E-state index in [-0.39, 0.29) is 23.6 Å². The van der Waals surface area contributed by atoms with Crippen LogP contribution < -0.4 is 10.6 Å². The maximum absolute atomic E-state index is 12.0. The van der Waals surface area contributed by atoms with Crippen molar-refractivity contribution in [3.05, 3.63) is 11.3 Å². The summed E-state index contributed by atoms with van der Waals surface area (Å²) in [7, 11) is 1.75. The van der Waals surface area contributed by atoms with E-state index in [0.29, 0.717) is 11.4 Å². The summed E-state index contributed by atoms with van der Waals surface area (Å²) in [4.78, 5) is 16.1. The summed E-state index contributed by atoms with van der Waals surface area (Å²) in [5.74, 6) is 0.611. The highest BCUT2D eigenvalue weighted by Gasteiger charge is 2.27. The molecule has 0 unspecified atom stereocenters. The number of carbonyl (C=O) groups is 1. The number of amidine groups is 2. The molecule has 0 aliphatic carbocycles. The van der Waals surface area contributed by atoms with Crippen molar-refractivity contribution in [2.45, 2.75) is 27.7 Å². The lowest BCUT2D eigenvalue weighted by molar-refractivity contribution is -0.115. The molecule has 17 heavy (non-hydrogen) atoms. The third-order valence-electron chi connectivity index (χ3n) is 2.60. The minimum Gasteiger partial charge on any atom is -0.390 e. The molecule has 0 fully saturated rings. The number of hydrogen-bond acceptors (Lipinski definition) is 3. The molecule has 1 heterocycles. The number of hydrogen-bond donors (Lipinski definition) is 3. The second kappa shape index (κ2) is 5.12. The van der Waals surface area contributed by atoms with Gasteiger partial charge in [0.05, 0.1) is 0 Å². The van der Waals surface area contributed by atoms with Crippen molar-refractivity contribution in [1.82, 2.24) is 10.6 Å². The molecule has 1 amide bonds. The molecule has 0 aromatic heterocycles. The zero-order valence-corrected chi connectivity index (χ0v) is 11.0. The molecule has 0 bridgehead atoms. The zero-order valence-electron chi connectivity index (χ0n) is 11.0. The van der Waals surface area contributed by atoms with E-state index in [1.807, 2.05) is 27.7 Å². The molecule has 0 atom stereocenters. The molecule has 0 aromatic rings. The largest absolute Gasteiger partial charge is 0.390 e. The first-order valence-corrected chi connectivity index (χ1v) is 5.79. The molecule has 94 valence electrons. The molecule has 0 aromatic carbocycles. The Morgan fingerprint density at radius 2 is 1.94 bits per heavy atom. The SMILES string of the molecule is CN/C(=C1\C(=N)N=C(C(C)C)NC1=O)C(C)C. The fourth-order valence-electron chi connectivity index (χ4n) is 1.72. The molecular weight excluding hydrogens is 216 g/mol. The van der Waals surface area contributed by atoms with Gasteiger partial charge in [0.25, 0.3) is 5.91 Å². The number of rotatable bonds is 3. The van der Waals surface area contributed by atoms with Crippen molar-refractivity contribution >= 4 is 17.6 Å². The molecule has 5 heteroatoms. The fraction of sp³-hybridized carbons (Fsp3) is 0.583. The Kier molecular flexibility index (Phi) is 4.04. The van der Waals surface area contributed by atoms with Crippen LogP contribution in [0.1, 0.15) is 27.7 Å². The number of carbonyl (C=O) groups excluding carboxylic acids is 1. The van der Waals surface area contributed by atoms with E-state index in [1.54, 1.807) is 7.05 Å². The van der Waals surface area contributed by atoms with Crippen LogP contribution in [0.25, 0.3) is 0 Å². The molecule has 3 N–H and O–H groups in total. The first kappa shape index (κ1) is 13.4. The molecule has 1 aliphatic heterocycles. The van der Waals surface area contributed by atoms with Gasteiger partial charge in [-0.1, -0.05) is 27.7 Å². The van der Waals surface area contributed by atoms with E-state index in [9.17, 15) is 4.79 Å². The lowest BCUT2D eigenvalue weighted by Gasteiger charge is -2.22. The van der Waals surface area contributed by atoms with Crippen LogP contribution in [0, 0.1) is 17.2 Å². The summed E-state index contributed by atoms with van der Waals surface area (Å²) >= 11 is 0. The van der Waals surface area contributed by atoms with Crippen molar-refractivity contribution < 1.29 is 4.79 Å². The smallest absolute Gasteiger partial charge is 0.262 e. The van der Waals surface area contributed by atoms with Gasteiger partial charge >= 0.3 is 0 Å². The predicted molar refractivity (Wildman–Crippen MR) is 69.1 cm³/mol. The Balaban J connectivity index is 3.22. The van der Waals surface area contributed by atoms with Crippen molar-refractivity contribution in [1.29, 1.82) is 5.41 Å². The molecule has 5 nitrogen and oxygen atoms in total. The van der Waals surface area contributed by atoms with Gasteiger partial charge in [-0.25, -0.2) is 4.99 Å². The molecular formula is C12H20N4O. The van der Waals surface area contributed by atoms with Crippen molar-refractivity contribution in [3.8, 4) is 0 Å². The number of aliphatic imine (C=N–C) groups is 1. The summed E-state index contributed by atoms with van der Waals surface area (Å²) in [5, 5.41) is 13.6. The minimum atomic E-state index is -0.244. The van der Waals surface area contributed by atoms with Crippen LogP contribution in [0.15, 0.2) is 16.3 Å². The minimum absolute atomic E-state index is 0.0375. The van der Waals surface area contributed by atoms with Gasteiger partial charge in [0.15, 0.2) is 5.84 Å². The summed E-state index contributed by atoms with van der Waals surface area (Å²) in [6, 6.07) is 0. The first-order chi connectivity index (χ1) is 7.88. The van der Waals surface area contributed by atoms with Crippen LogP contribution in [0.5, 0.6) is 0 Å². The van der Waals surface area contributed by atoms with Gasteiger partial charge in [0.1, 0.15) is 11.4 Å². The molecule has 0 saturated heterocycles. The third-order valence-corrected chi connectivity index (χ3v) is 2.60. The Morgan fingerprint density at radius 1 is 1.35 bits per heavy atom. The van der Waals surface area contributed by atoms with Crippen molar-refractivity contribution in [3.63, 3.8) is 0 Å². The van der Waals surface area contributed by atoms with Crippen LogP contribution in [-0.4, -0.2) is 24.6 Å². The monoisotopic (exact) mass is 236 g/mol. The van der Waals surface area contributed by atoms with Gasteiger partial charge in [-0.3, -0.25) is 10.2 Å². The Hall–Kier alpha value is -1.65. The number of allylic oxidation sites excluding steroid dienone is 1. The molecule has 1 rings (SSSR count). The van der Waals surface area contributed by atoms with Crippen LogP contribution in [-0.2, 0) is 4.79 Å². The van der Waals surface area contributed by atoms with Gasteiger partial charge in [-0.15, -0.1) is 0 Å². The maximum atomic E-state index is 12.0. The quantitative estimate of drug-likeness (QED) is 0.645. The number of amides is 1. The highest BCUT2D eigenvalue weighted by molar-refractivity contribution is 6.29. The summed E-state index contributed by atoms with van der Waals surface area (Å²) in [6.07, 6.45) is 0. The standard InChI is InChI=1S/C12H20N4O/c1-6(2)9(14-5)8-10(13)15-11(7(3)4)16-12(8)17/h6-7,14H,1-5H3,(H2,13,15,16,17)/b9-8+. The van der Waals surface area contributed by atoms with Crippen LogP contribution in [0.2, 0.25) is 0 Å². The summed E-state index contributed by atoms with van der Waals surface area (Å²) in [5.41, 5.74) is 1.09. The lowest BCUT2D eigenvalue weighted by atomic mass is 10.0. The highest BCUT2D eigenvalue weighted by Crippen LogP contribution is 2.17. The van der Waals surface area contributed by atoms with E-state index in [2.05, 4.69) is 15.6 Å². The topological polar surface area (TPSA) is 77.3 Å². The van der Waals surface area contributed by atoms with Crippen molar-refractivity contribution in [2.24, 2.45) is 16.8 Å². The van der Waals surface area contributed by atoms with Gasteiger partial charge in [-0.05, 0) is 5.92 Å². The second-order valence-electron chi connectivity index (χ2n) is 4.65. The zero-order chi connectivity index (χ0) is 13.2. The second-order valence-corrected chi connectivity index (χ2v) is 4.65. The van der Waals surface area contributed by atoms with E-state index < -0.39 is 0 Å². The number of nitrogens with one attached hydrogen (secondary N) is 3. The van der Waals surface area contributed by atoms with E-state index in [1.165, 1.54) is 0 Å². The number of nitrogens with zero attached hydrogens (tertiary/aromatic N) is 1. The normalized spacial score (nSPS) is 19.4. The fourth-order valence-corrected chi connectivity index (χ4v) is 1.72. The van der Waals surface area contributed by atoms with Crippen molar-refractivity contribution in [2.75, 3.05) is 7.05 Å². The van der Waals surface area contributed by atoms with E-state index in [0.717, 1.165) is 5.70 Å². The van der Waals surface area contributed by atoms with Gasteiger partial charge in [0.2, 0.25) is 0 Å². The summed E-state index contributed by atoms with van der Waals surface area (Å²) in [6.45, 7) is 7.81.